The van der Waals surface area contributed by atoms with Gasteiger partial charge < -0.3 is 9.72 Å². The third kappa shape index (κ3) is 3.20. The van der Waals surface area contributed by atoms with Crippen LogP contribution in [0.2, 0.25) is 0 Å². The molecule has 3 aromatic heterocycles. The van der Waals surface area contributed by atoms with E-state index in [1.165, 1.54) is 34.4 Å². The molecular formula is C21H15FN4OS. The summed E-state index contributed by atoms with van der Waals surface area (Å²) in [6, 6.07) is 14.3. The number of ether oxygens (including phenoxy) is 1. The first-order valence-corrected chi connectivity index (χ1v) is 9.65. The molecule has 0 radical (unpaired) electrons. The smallest absolute Gasteiger partial charge is 0.275 e. The lowest BCUT2D eigenvalue weighted by Gasteiger charge is -2.01. The van der Waals surface area contributed by atoms with Gasteiger partial charge in [0.2, 0.25) is 0 Å². The zero-order valence-corrected chi connectivity index (χ0v) is 15.5. The highest BCUT2D eigenvalue weighted by Crippen LogP contribution is 2.28. The summed E-state index contributed by atoms with van der Waals surface area (Å²) in [5, 5.41) is 1.78. The number of nitrogens with zero attached hydrogens (tertiary/aromatic N) is 3. The first-order valence-electron chi connectivity index (χ1n) is 8.83. The van der Waals surface area contributed by atoms with Crippen molar-refractivity contribution in [3.63, 3.8) is 0 Å². The lowest BCUT2D eigenvalue weighted by Crippen LogP contribution is -2.00. The Morgan fingerprint density at radius 3 is 2.79 bits per heavy atom. The van der Waals surface area contributed by atoms with Crippen LogP contribution in [0.25, 0.3) is 32.6 Å². The van der Waals surface area contributed by atoms with Crippen LogP contribution in [0, 0.1) is 5.82 Å². The van der Waals surface area contributed by atoms with Gasteiger partial charge in [-0.3, -0.25) is 0 Å². The maximum atomic E-state index is 13.1. The standard InChI is InChI=1S/C21H15FN4OS/c22-15-7-5-13(6-8-15)19-24-12-18-20(26-19)28-21(25-18)27-10-9-14-11-23-17-4-2-1-3-16(14)17/h1-8,11-12,23H,9-10H2. The van der Waals surface area contributed by atoms with Gasteiger partial charge in [-0.15, -0.1) is 0 Å². The van der Waals surface area contributed by atoms with Gasteiger partial charge in [0, 0.05) is 29.1 Å². The van der Waals surface area contributed by atoms with Crippen molar-refractivity contribution in [1.29, 1.82) is 0 Å². The quantitative estimate of drug-likeness (QED) is 0.459. The molecule has 0 aliphatic rings. The van der Waals surface area contributed by atoms with Gasteiger partial charge in [0.05, 0.1) is 12.8 Å². The van der Waals surface area contributed by atoms with E-state index in [1.807, 2.05) is 18.3 Å². The summed E-state index contributed by atoms with van der Waals surface area (Å²) in [7, 11) is 0. The van der Waals surface area contributed by atoms with E-state index in [0.717, 1.165) is 22.3 Å². The Bertz CT molecular complexity index is 1260. The molecule has 28 heavy (non-hydrogen) atoms. The number of aromatic nitrogens is 4. The van der Waals surface area contributed by atoms with Crippen LogP contribution in [0.1, 0.15) is 5.56 Å². The van der Waals surface area contributed by atoms with Gasteiger partial charge in [-0.05, 0) is 35.9 Å². The van der Waals surface area contributed by atoms with Crippen molar-refractivity contribution in [2.45, 2.75) is 6.42 Å². The summed E-state index contributed by atoms with van der Waals surface area (Å²) < 4.78 is 18.9. The number of aromatic amines is 1. The third-order valence-corrected chi connectivity index (χ3v) is 5.38. The molecule has 0 saturated heterocycles. The third-order valence-electron chi connectivity index (χ3n) is 4.51. The number of H-pyrrole nitrogens is 1. The van der Waals surface area contributed by atoms with Gasteiger partial charge in [-0.2, -0.15) is 4.98 Å². The van der Waals surface area contributed by atoms with E-state index in [-0.39, 0.29) is 5.82 Å². The maximum absolute atomic E-state index is 13.1. The Labute approximate surface area is 163 Å². The summed E-state index contributed by atoms with van der Waals surface area (Å²) in [5.74, 6) is 0.259. The molecule has 138 valence electrons. The van der Waals surface area contributed by atoms with Crippen LogP contribution in [0.3, 0.4) is 0 Å². The monoisotopic (exact) mass is 390 g/mol. The number of hydrogen-bond donors (Lipinski definition) is 1. The fourth-order valence-electron chi connectivity index (χ4n) is 3.10. The summed E-state index contributed by atoms with van der Waals surface area (Å²) >= 11 is 1.38. The highest BCUT2D eigenvalue weighted by Gasteiger charge is 2.10. The second-order valence-electron chi connectivity index (χ2n) is 6.33. The van der Waals surface area contributed by atoms with E-state index in [1.54, 1.807) is 18.3 Å². The largest absolute Gasteiger partial charge is 0.470 e. The maximum Gasteiger partial charge on any atom is 0.275 e. The summed E-state index contributed by atoms with van der Waals surface area (Å²) in [6.45, 7) is 0.528. The summed E-state index contributed by atoms with van der Waals surface area (Å²) in [5.41, 5.74) is 3.80. The van der Waals surface area contributed by atoms with Crippen molar-refractivity contribution in [3.8, 4) is 16.6 Å². The molecule has 0 atom stereocenters. The Balaban J connectivity index is 1.31. The molecule has 1 N–H and O–H groups in total. The minimum atomic E-state index is -0.284. The Morgan fingerprint density at radius 2 is 1.89 bits per heavy atom. The average molecular weight is 390 g/mol. The molecule has 0 aliphatic heterocycles. The van der Waals surface area contributed by atoms with Gasteiger partial charge in [0.15, 0.2) is 10.7 Å². The zero-order valence-electron chi connectivity index (χ0n) is 14.7. The summed E-state index contributed by atoms with van der Waals surface area (Å²) in [4.78, 5) is 17.3. The summed E-state index contributed by atoms with van der Waals surface area (Å²) in [6.07, 6.45) is 4.48. The molecule has 5 rings (SSSR count). The van der Waals surface area contributed by atoms with Crippen LogP contribution < -0.4 is 4.74 Å². The first kappa shape index (κ1) is 16.8. The number of fused-ring (bicyclic) bond motifs is 2. The predicted octanol–water partition coefficient (Wildman–Crippen LogP) is 5.00. The molecular weight excluding hydrogens is 375 g/mol. The number of nitrogens with one attached hydrogen (secondary N) is 1. The number of rotatable bonds is 5. The van der Waals surface area contributed by atoms with Crippen molar-refractivity contribution in [2.24, 2.45) is 0 Å². The van der Waals surface area contributed by atoms with Gasteiger partial charge in [0.1, 0.15) is 11.3 Å². The number of halogens is 1. The van der Waals surface area contributed by atoms with E-state index >= 15 is 0 Å². The number of para-hydroxylation sites is 1. The molecule has 0 spiro atoms. The topological polar surface area (TPSA) is 63.7 Å². The molecule has 3 heterocycles. The Kier molecular flexibility index (Phi) is 4.21. The number of benzene rings is 2. The van der Waals surface area contributed by atoms with Gasteiger partial charge in [-0.25, -0.2) is 14.4 Å². The predicted molar refractivity (Wildman–Crippen MR) is 108 cm³/mol. The zero-order chi connectivity index (χ0) is 18.9. The molecule has 0 unspecified atom stereocenters. The van der Waals surface area contributed by atoms with E-state index in [9.17, 15) is 4.39 Å². The minimum absolute atomic E-state index is 0.284. The van der Waals surface area contributed by atoms with Crippen molar-refractivity contribution in [3.05, 3.63) is 72.3 Å². The second kappa shape index (κ2) is 7.01. The average Bonchev–Trinajstić information content (AvgIpc) is 3.32. The van der Waals surface area contributed by atoms with Gasteiger partial charge >= 0.3 is 0 Å². The fraction of sp³-hybridized carbons (Fsp3) is 0.0952. The second-order valence-corrected chi connectivity index (χ2v) is 7.27. The minimum Gasteiger partial charge on any atom is -0.470 e. The van der Waals surface area contributed by atoms with Crippen molar-refractivity contribution in [2.75, 3.05) is 6.61 Å². The molecule has 5 aromatic rings. The van der Waals surface area contributed by atoms with E-state index in [0.29, 0.717) is 23.1 Å². The lowest BCUT2D eigenvalue weighted by atomic mass is 10.1. The van der Waals surface area contributed by atoms with E-state index < -0.39 is 0 Å². The highest BCUT2D eigenvalue weighted by molar-refractivity contribution is 7.19. The number of thiazole rings is 1. The Morgan fingerprint density at radius 1 is 1.04 bits per heavy atom. The van der Waals surface area contributed by atoms with E-state index in [2.05, 4.69) is 32.1 Å². The van der Waals surface area contributed by atoms with Crippen molar-refractivity contribution in [1.82, 2.24) is 19.9 Å². The van der Waals surface area contributed by atoms with Crippen LogP contribution in [-0.2, 0) is 6.42 Å². The molecule has 5 nitrogen and oxygen atoms in total. The number of hydrogen-bond acceptors (Lipinski definition) is 5. The first-order chi connectivity index (χ1) is 13.8. The SMILES string of the molecule is Fc1ccc(-c2ncc3nc(OCCc4c[nH]c5ccccc45)sc3n2)cc1. The normalized spacial score (nSPS) is 11.3. The molecule has 2 aromatic carbocycles. The van der Waals surface area contributed by atoms with E-state index in [4.69, 9.17) is 4.74 Å². The fourth-order valence-corrected chi connectivity index (χ4v) is 3.89. The molecule has 0 aliphatic carbocycles. The Hall–Kier alpha value is -3.32. The highest BCUT2D eigenvalue weighted by atomic mass is 32.1. The molecule has 7 heteroatoms. The lowest BCUT2D eigenvalue weighted by molar-refractivity contribution is 0.321. The molecule has 0 saturated carbocycles. The molecule has 0 fully saturated rings. The van der Waals surface area contributed by atoms with Crippen LogP contribution in [-0.4, -0.2) is 26.5 Å². The van der Waals surface area contributed by atoms with Crippen LogP contribution in [0.15, 0.2) is 60.9 Å². The molecule has 0 amide bonds. The van der Waals surface area contributed by atoms with Crippen LogP contribution in [0.4, 0.5) is 4.39 Å². The molecule has 0 bridgehead atoms. The van der Waals surface area contributed by atoms with Crippen molar-refractivity contribution >= 4 is 32.6 Å². The van der Waals surface area contributed by atoms with Crippen LogP contribution >= 0.6 is 11.3 Å². The van der Waals surface area contributed by atoms with Gasteiger partial charge in [0.25, 0.3) is 5.19 Å². The van der Waals surface area contributed by atoms with Gasteiger partial charge in [-0.1, -0.05) is 29.5 Å². The van der Waals surface area contributed by atoms with Crippen molar-refractivity contribution < 1.29 is 9.13 Å². The van der Waals surface area contributed by atoms with Crippen LogP contribution in [0.5, 0.6) is 5.19 Å².